The molecule has 72 valence electrons. The van der Waals surface area contributed by atoms with Crippen LogP contribution in [0.3, 0.4) is 0 Å². The van der Waals surface area contributed by atoms with Gasteiger partial charge < -0.3 is 4.74 Å². The highest BCUT2D eigenvalue weighted by Crippen LogP contribution is 2.19. The van der Waals surface area contributed by atoms with Gasteiger partial charge in [-0.05, 0) is 23.6 Å². The molecule has 0 aliphatic rings. The van der Waals surface area contributed by atoms with Crippen LogP contribution in [0.2, 0.25) is 0 Å². The van der Waals surface area contributed by atoms with E-state index in [0.29, 0.717) is 6.61 Å². The first-order valence-electron chi connectivity index (χ1n) is 4.10. The summed E-state index contributed by atoms with van der Waals surface area (Å²) in [7, 11) is 1.71. The number of halogens is 2. The van der Waals surface area contributed by atoms with Crippen LogP contribution in [0.1, 0.15) is 11.1 Å². The molecule has 0 unspecified atom stereocenters. The molecule has 1 aromatic rings. The predicted octanol–water partition coefficient (Wildman–Crippen LogP) is 3.53. The number of hydrogen-bond donors (Lipinski definition) is 0. The molecule has 0 atom stereocenters. The zero-order valence-electron chi connectivity index (χ0n) is 7.52. The molecule has 0 aromatic heterocycles. The van der Waals surface area contributed by atoms with E-state index in [-0.39, 0.29) is 0 Å². The summed E-state index contributed by atoms with van der Waals surface area (Å²) in [5, 5.41) is 0.988. The van der Waals surface area contributed by atoms with Gasteiger partial charge >= 0.3 is 0 Å². The van der Waals surface area contributed by atoms with Crippen molar-refractivity contribution in [2.75, 3.05) is 12.4 Å². The Balaban J connectivity index is 2.83. The summed E-state index contributed by atoms with van der Waals surface area (Å²) < 4.78 is 6.25. The maximum Gasteiger partial charge on any atom is 0.0713 e. The normalized spacial score (nSPS) is 10.4. The molecule has 0 amide bonds. The van der Waals surface area contributed by atoms with Gasteiger partial charge in [0.15, 0.2) is 0 Å². The number of aryl methyl sites for hydroxylation is 1. The van der Waals surface area contributed by atoms with Gasteiger partial charge in [-0.3, -0.25) is 0 Å². The Morgan fingerprint density at radius 3 is 2.77 bits per heavy atom. The lowest BCUT2D eigenvalue weighted by Gasteiger charge is -2.05. The van der Waals surface area contributed by atoms with E-state index in [9.17, 15) is 0 Å². The van der Waals surface area contributed by atoms with Crippen molar-refractivity contribution in [2.24, 2.45) is 0 Å². The van der Waals surface area contributed by atoms with Crippen molar-refractivity contribution >= 4 is 31.9 Å². The molecular weight excluding hydrogens is 296 g/mol. The smallest absolute Gasteiger partial charge is 0.0713 e. The largest absolute Gasteiger partial charge is 0.380 e. The minimum Gasteiger partial charge on any atom is -0.380 e. The summed E-state index contributed by atoms with van der Waals surface area (Å²) in [5.41, 5.74) is 2.55. The summed E-state index contributed by atoms with van der Waals surface area (Å²) >= 11 is 6.95. The Bertz CT molecular complexity index is 274. The third-order valence-electron chi connectivity index (χ3n) is 1.78. The van der Waals surface area contributed by atoms with Gasteiger partial charge in [-0.1, -0.05) is 44.0 Å². The van der Waals surface area contributed by atoms with Gasteiger partial charge in [-0.2, -0.15) is 0 Å². The predicted molar refractivity (Wildman–Crippen MR) is 62.4 cm³/mol. The quantitative estimate of drug-likeness (QED) is 0.773. The van der Waals surface area contributed by atoms with Crippen molar-refractivity contribution in [1.82, 2.24) is 0 Å². The van der Waals surface area contributed by atoms with E-state index in [0.717, 1.165) is 11.8 Å². The zero-order chi connectivity index (χ0) is 9.68. The molecule has 3 heteroatoms. The average Bonchev–Trinajstić information content (AvgIpc) is 2.12. The van der Waals surface area contributed by atoms with Crippen molar-refractivity contribution in [3.05, 3.63) is 33.8 Å². The van der Waals surface area contributed by atoms with Crippen LogP contribution in [-0.2, 0) is 17.8 Å². The molecule has 1 aromatic carbocycles. The Morgan fingerprint density at radius 2 is 2.15 bits per heavy atom. The number of hydrogen-bond acceptors (Lipinski definition) is 1. The van der Waals surface area contributed by atoms with E-state index in [2.05, 4.69) is 50.1 Å². The van der Waals surface area contributed by atoms with Crippen LogP contribution in [0, 0.1) is 0 Å². The lowest BCUT2D eigenvalue weighted by atomic mass is 10.1. The van der Waals surface area contributed by atoms with Gasteiger partial charge in [0.2, 0.25) is 0 Å². The number of rotatable bonds is 4. The second-order valence-electron chi connectivity index (χ2n) is 2.80. The lowest BCUT2D eigenvalue weighted by Crippen LogP contribution is -1.92. The number of benzene rings is 1. The lowest BCUT2D eigenvalue weighted by molar-refractivity contribution is 0.185. The van der Waals surface area contributed by atoms with Crippen molar-refractivity contribution in [1.29, 1.82) is 0 Å². The first-order valence-corrected chi connectivity index (χ1v) is 6.01. The van der Waals surface area contributed by atoms with Crippen molar-refractivity contribution in [3.63, 3.8) is 0 Å². The third-order valence-corrected chi connectivity index (χ3v) is 2.96. The van der Waals surface area contributed by atoms with Crippen molar-refractivity contribution in [3.8, 4) is 0 Å². The maximum absolute atomic E-state index is 5.07. The molecule has 13 heavy (non-hydrogen) atoms. The van der Waals surface area contributed by atoms with E-state index < -0.39 is 0 Å². The second-order valence-corrected chi connectivity index (χ2v) is 4.45. The van der Waals surface area contributed by atoms with Crippen LogP contribution in [0.5, 0.6) is 0 Å². The van der Waals surface area contributed by atoms with Gasteiger partial charge in [-0.25, -0.2) is 0 Å². The topological polar surface area (TPSA) is 9.23 Å². The Morgan fingerprint density at radius 1 is 1.38 bits per heavy atom. The van der Waals surface area contributed by atoms with E-state index in [4.69, 9.17) is 4.74 Å². The highest BCUT2D eigenvalue weighted by atomic mass is 79.9. The fourth-order valence-corrected chi connectivity index (χ4v) is 2.05. The molecule has 0 fully saturated rings. The Hall–Kier alpha value is 0.140. The Labute approximate surface area is 95.7 Å². The van der Waals surface area contributed by atoms with Crippen LogP contribution in [0.15, 0.2) is 22.7 Å². The van der Waals surface area contributed by atoms with Crippen LogP contribution in [-0.4, -0.2) is 12.4 Å². The number of ether oxygens (including phenoxy) is 1. The molecule has 1 nitrogen and oxygen atoms in total. The summed E-state index contributed by atoms with van der Waals surface area (Å²) in [5.74, 6) is 0. The van der Waals surface area contributed by atoms with Crippen LogP contribution in [0.25, 0.3) is 0 Å². The molecule has 0 radical (unpaired) electrons. The molecule has 0 saturated carbocycles. The molecular formula is C10H12Br2O. The molecule has 0 bridgehead atoms. The van der Waals surface area contributed by atoms with Gasteiger partial charge in [0.05, 0.1) is 6.61 Å². The molecule has 0 heterocycles. The monoisotopic (exact) mass is 306 g/mol. The summed E-state index contributed by atoms with van der Waals surface area (Å²) in [6.07, 6.45) is 1.04. The van der Waals surface area contributed by atoms with Crippen molar-refractivity contribution < 1.29 is 4.74 Å². The fraction of sp³-hybridized carbons (Fsp3) is 0.400. The van der Waals surface area contributed by atoms with Crippen molar-refractivity contribution in [2.45, 2.75) is 13.0 Å². The van der Waals surface area contributed by atoms with E-state index in [1.54, 1.807) is 7.11 Å². The highest BCUT2D eigenvalue weighted by molar-refractivity contribution is 9.10. The first-order chi connectivity index (χ1) is 6.27. The second kappa shape index (κ2) is 5.78. The first kappa shape index (κ1) is 11.2. The fourth-order valence-electron chi connectivity index (χ4n) is 1.18. The van der Waals surface area contributed by atoms with E-state index in [1.165, 1.54) is 15.6 Å². The maximum atomic E-state index is 5.07. The van der Waals surface area contributed by atoms with Crippen LogP contribution >= 0.6 is 31.9 Å². The van der Waals surface area contributed by atoms with E-state index in [1.807, 2.05) is 0 Å². The molecule has 0 aliphatic carbocycles. The minimum absolute atomic E-state index is 0.683. The standard InChI is InChI=1S/C10H12Br2O/c1-13-7-8-2-3-10(12)9(6-8)4-5-11/h2-3,6H,4-5,7H2,1H3. The van der Waals surface area contributed by atoms with Gasteiger partial charge in [0, 0.05) is 16.9 Å². The minimum atomic E-state index is 0.683. The van der Waals surface area contributed by atoms with Gasteiger partial charge in [0.1, 0.15) is 0 Å². The molecule has 1 rings (SSSR count). The van der Waals surface area contributed by atoms with E-state index >= 15 is 0 Å². The number of alkyl halides is 1. The zero-order valence-corrected chi connectivity index (χ0v) is 10.7. The average molecular weight is 308 g/mol. The SMILES string of the molecule is COCc1ccc(Br)c(CCBr)c1. The molecule has 0 spiro atoms. The molecule has 0 saturated heterocycles. The third kappa shape index (κ3) is 3.41. The molecule has 0 N–H and O–H groups in total. The summed E-state index contributed by atoms with van der Waals surface area (Å²) in [6.45, 7) is 0.683. The number of methoxy groups -OCH3 is 1. The molecule has 0 aliphatic heterocycles. The summed E-state index contributed by atoms with van der Waals surface area (Å²) in [4.78, 5) is 0. The van der Waals surface area contributed by atoms with Gasteiger partial charge in [-0.15, -0.1) is 0 Å². The van der Waals surface area contributed by atoms with Crippen LogP contribution in [0.4, 0.5) is 0 Å². The summed E-state index contributed by atoms with van der Waals surface area (Å²) in [6, 6.07) is 6.33. The highest BCUT2D eigenvalue weighted by Gasteiger charge is 2.00. The van der Waals surface area contributed by atoms with Gasteiger partial charge in [0.25, 0.3) is 0 Å². The van der Waals surface area contributed by atoms with Crippen LogP contribution < -0.4 is 0 Å². The Kier molecular flexibility index (Phi) is 4.99.